The van der Waals surface area contributed by atoms with Gasteiger partial charge in [0.25, 0.3) is 10.0 Å². The lowest BCUT2D eigenvalue weighted by Gasteiger charge is -2.29. The molecule has 1 saturated heterocycles. The van der Waals surface area contributed by atoms with Crippen LogP contribution in [0.1, 0.15) is 25.5 Å². The lowest BCUT2D eigenvalue weighted by Crippen LogP contribution is -2.41. The summed E-state index contributed by atoms with van der Waals surface area (Å²) in [6.07, 6.45) is 4.04. The Balaban J connectivity index is 1.60. The summed E-state index contributed by atoms with van der Waals surface area (Å²) >= 11 is 1.39. The first-order valence-corrected chi connectivity index (χ1v) is 10.5. The molecule has 136 valence electrons. The third-order valence-electron chi connectivity index (χ3n) is 4.25. The van der Waals surface area contributed by atoms with E-state index < -0.39 is 10.0 Å². The number of nitrogens with zero attached hydrogens (tertiary/aromatic N) is 4. The molecule has 0 aromatic carbocycles. The first-order valence-electron chi connectivity index (χ1n) is 8.15. The van der Waals surface area contributed by atoms with Crippen LogP contribution in [0, 0.1) is 12.8 Å². The molecule has 1 N–H and O–H groups in total. The number of aromatic nitrogens is 3. The summed E-state index contributed by atoms with van der Waals surface area (Å²) in [5, 5.41) is 5.34. The van der Waals surface area contributed by atoms with Crippen LogP contribution in [-0.4, -0.2) is 46.3 Å². The molecule has 0 atom stereocenters. The molecule has 2 aromatic rings. The maximum Gasteiger partial charge on any atom is 0.262 e. The lowest BCUT2D eigenvalue weighted by atomic mass is 9.97. The van der Waals surface area contributed by atoms with Crippen molar-refractivity contribution in [2.45, 2.75) is 38.3 Å². The Morgan fingerprint density at radius 3 is 2.68 bits per heavy atom. The molecule has 0 bridgehead atoms. The van der Waals surface area contributed by atoms with Crippen LogP contribution in [0.4, 0.5) is 5.13 Å². The average Bonchev–Trinajstić information content (AvgIpc) is 3.24. The van der Waals surface area contributed by atoms with Crippen LogP contribution in [0.5, 0.6) is 0 Å². The fourth-order valence-corrected chi connectivity index (χ4v) is 4.85. The van der Waals surface area contributed by atoms with Gasteiger partial charge in [-0.1, -0.05) is 0 Å². The summed E-state index contributed by atoms with van der Waals surface area (Å²) in [6.45, 7) is 5.09. The van der Waals surface area contributed by atoms with Gasteiger partial charge in [0.2, 0.25) is 5.91 Å². The summed E-state index contributed by atoms with van der Waals surface area (Å²) in [5.74, 6) is -0.300. The zero-order chi connectivity index (χ0) is 18.0. The topological polar surface area (TPSA) is 97.2 Å². The average molecular weight is 383 g/mol. The van der Waals surface area contributed by atoms with Crippen molar-refractivity contribution in [3.63, 3.8) is 0 Å². The molecule has 1 aliphatic heterocycles. The molecule has 1 aliphatic rings. The van der Waals surface area contributed by atoms with Crippen LogP contribution < -0.4 is 5.32 Å². The number of sulfonamides is 1. The van der Waals surface area contributed by atoms with Gasteiger partial charge in [-0.05, 0) is 26.7 Å². The number of carbonyl (C=O) groups excluding carboxylic acids is 1. The predicted octanol–water partition coefficient (Wildman–Crippen LogP) is 1.71. The number of amides is 1. The van der Waals surface area contributed by atoms with Gasteiger partial charge >= 0.3 is 0 Å². The van der Waals surface area contributed by atoms with E-state index in [0.717, 1.165) is 5.69 Å². The van der Waals surface area contributed by atoms with E-state index in [0.29, 0.717) is 37.6 Å². The van der Waals surface area contributed by atoms with Gasteiger partial charge in [-0.2, -0.15) is 4.31 Å². The third kappa shape index (κ3) is 3.91. The largest absolute Gasteiger partial charge is 0.336 e. The van der Waals surface area contributed by atoms with Gasteiger partial charge < -0.3 is 9.88 Å². The molecule has 0 spiro atoms. The summed E-state index contributed by atoms with van der Waals surface area (Å²) in [5.41, 5.74) is 0.868. The number of rotatable bonds is 5. The Bertz CT molecular complexity index is 850. The highest BCUT2D eigenvalue weighted by molar-refractivity contribution is 7.89. The van der Waals surface area contributed by atoms with E-state index in [1.165, 1.54) is 22.0 Å². The molecule has 10 heteroatoms. The standard InChI is InChI=1S/C15H21N5O3S2/c1-3-19-8-13(16-10-19)25(22,23)20-6-4-12(5-7-20)14(21)18-15-17-11(2)9-24-15/h8-10,12H,3-7H2,1-2H3,(H,17,18,21). The quantitative estimate of drug-likeness (QED) is 0.848. The third-order valence-corrected chi connectivity index (χ3v) is 6.91. The highest BCUT2D eigenvalue weighted by Gasteiger charge is 2.33. The van der Waals surface area contributed by atoms with E-state index in [9.17, 15) is 13.2 Å². The van der Waals surface area contributed by atoms with Crippen molar-refractivity contribution in [2.24, 2.45) is 5.92 Å². The van der Waals surface area contributed by atoms with Crippen molar-refractivity contribution < 1.29 is 13.2 Å². The maximum atomic E-state index is 12.6. The summed E-state index contributed by atoms with van der Waals surface area (Å²) in [7, 11) is -3.60. The van der Waals surface area contributed by atoms with Crippen molar-refractivity contribution in [3.8, 4) is 0 Å². The molecule has 1 amide bonds. The molecule has 0 radical (unpaired) electrons. The van der Waals surface area contributed by atoms with Crippen molar-refractivity contribution in [3.05, 3.63) is 23.6 Å². The molecule has 3 heterocycles. The second-order valence-corrected chi connectivity index (χ2v) is 8.75. The van der Waals surface area contributed by atoms with Crippen LogP contribution in [0.2, 0.25) is 0 Å². The number of hydrogen-bond donors (Lipinski definition) is 1. The molecule has 8 nitrogen and oxygen atoms in total. The summed E-state index contributed by atoms with van der Waals surface area (Å²) in [4.78, 5) is 20.5. The van der Waals surface area contributed by atoms with Gasteiger partial charge in [0.05, 0.1) is 12.0 Å². The second kappa shape index (κ2) is 7.22. The first-order chi connectivity index (χ1) is 11.9. The molecule has 3 rings (SSSR count). The van der Waals surface area contributed by atoms with Crippen molar-refractivity contribution in [2.75, 3.05) is 18.4 Å². The normalized spacial score (nSPS) is 16.9. The number of carbonyl (C=O) groups is 1. The minimum atomic E-state index is -3.60. The molecule has 0 saturated carbocycles. The van der Waals surface area contributed by atoms with Crippen LogP contribution in [-0.2, 0) is 21.4 Å². The van der Waals surface area contributed by atoms with Crippen LogP contribution in [0.25, 0.3) is 0 Å². The Morgan fingerprint density at radius 1 is 1.40 bits per heavy atom. The van der Waals surface area contributed by atoms with E-state index >= 15 is 0 Å². The van der Waals surface area contributed by atoms with Crippen molar-refractivity contribution >= 4 is 32.4 Å². The van der Waals surface area contributed by atoms with E-state index in [1.807, 2.05) is 19.2 Å². The minimum absolute atomic E-state index is 0.0653. The van der Waals surface area contributed by atoms with Gasteiger partial charge in [0, 0.05) is 37.1 Å². The first kappa shape index (κ1) is 18.0. The molecule has 1 fully saturated rings. The van der Waals surface area contributed by atoms with Gasteiger partial charge in [-0.3, -0.25) is 4.79 Å². The van der Waals surface area contributed by atoms with Crippen LogP contribution >= 0.6 is 11.3 Å². The highest BCUT2D eigenvalue weighted by Crippen LogP contribution is 2.25. The molecule has 0 aliphatic carbocycles. The Hall–Kier alpha value is -1.78. The lowest BCUT2D eigenvalue weighted by molar-refractivity contribution is -0.120. The number of hydrogen-bond acceptors (Lipinski definition) is 6. The monoisotopic (exact) mass is 383 g/mol. The zero-order valence-electron chi connectivity index (χ0n) is 14.2. The van der Waals surface area contributed by atoms with Crippen LogP contribution in [0.3, 0.4) is 0 Å². The van der Waals surface area contributed by atoms with Crippen molar-refractivity contribution in [1.29, 1.82) is 0 Å². The Labute approximate surface area is 150 Å². The number of nitrogens with one attached hydrogen (secondary N) is 1. The van der Waals surface area contributed by atoms with Gasteiger partial charge in [0.15, 0.2) is 10.2 Å². The summed E-state index contributed by atoms with van der Waals surface area (Å²) < 4.78 is 28.4. The smallest absolute Gasteiger partial charge is 0.262 e. The Kier molecular flexibility index (Phi) is 5.21. The van der Waals surface area contributed by atoms with E-state index in [-0.39, 0.29) is 16.9 Å². The van der Waals surface area contributed by atoms with E-state index in [1.54, 1.807) is 10.8 Å². The SMILES string of the molecule is CCn1cnc(S(=O)(=O)N2CCC(C(=O)Nc3nc(C)cs3)CC2)c1. The number of aryl methyl sites for hydroxylation is 2. The molecule has 2 aromatic heterocycles. The maximum absolute atomic E-state index is 12.6. The van der Waals surface area contributed by atoms with Gasteiger partial charge in [-0.25, -0.2) is 18.4 Å². The number of thiazole rings is 1. The number of piperidine rings is 1. The fourth-order valence-electron chi connectivity index (χ4n) is 2.76. The minimum Gasteiger partial charge on any atom is -0.336 e. The molecule has 25 heavy (non-hydrogen) atoms. The van der Waals surface area contributed by atoms with E-state index in [2.05, 4.69) is 15.3 Å². The van der Waals surface area contributed by atoms with Gasteiger partial charge in [-0.15, -0.1) is 11.3 Å². The molecule has 0 unspecified atom stereocenters. The summed E-state index contributed by atoms with van der Waals surface area (Å²) in [6, 6.07) is 0. The van der Waals surface area contributed by atoms with Gasteiger partial charge in [0.1, 0.15) is 0 Å². The number of anilines is 1. The van der Waals surface area contributed by atoms with Crippen molar-refractivity contribution in [1.82, 2.24) is 18.8 Å². The fraction of sp³-hybridized carbons (Fsp3) is 0.533. The predicted molar refractivity (Wildman–Crippen MR) is 94.9 cm³/mol. The van der Waals surface area contributed by atoms with E-state index in [4.69, 9.17) is 0 Å². The van der Waals surface area contributed by atoms with Crippen LogP contribution in [0.15, 0.2) is 22.9 Å². The second-order valence-electron chi connectivity index (χ2n) is 6.00. The Morgan fingerprint density at radius 2 is 2.12 bits per heavy atom. The zero-order valence-corrected chi connectivity index (χ0v) is 15.8. The number of imidazole rings is 1. The highest BCUT2D eigenvalue weighted by atomic mass is 32.2. The molecular formula is C15H21N5O3S2. The molecular weight excluding hydrogens is 362 g/mol.